The number of aryl methyl sites for hydroxylation is 2. The van der Waals surface area contributed by atoms with Gasteiger partial charge in [-0.3, -0.25) is 9.59 Å². The predicted octanol–water partition coefficient (Wildman–Crippen LogP) is 2.17. The van der Waals surface area contributed by atoms with Gasteiger partial charge in [-0.15, -0.1) is 5.10 Å². The first-order valence-electron chi connectivity index (χ1n) is 10.1. The molecule has 1 unspecified atom stereocenters. The molecular weight excluding hydrogens is 368 g/mol. The van der Waals surface area contributed by atoms with E-state index in [9.17, 15) is 9.59 Å². The lowest BCUT2D eigenvalue weighted by Crippen LogP contribution is -2.43. The third kappa shape index (κ3) is 3.92. The first-order valence-corrected chi connectivity index (χ1v) is 10.1. The van der Waals surface area contributed by atoms with Crippen LogP contribution < -0.4 is 5.56 Å². The summed E-state index contributed by atoms with van der Waals surface area (Å²) in [6, 6.07) is 8.16. The van der Waals surface area contributed by atoms with Crippen molar-refractivity contribution >= 4 is 17.1 Å². The molecule has 2 atom stereocenters. The largest absolute Gasteiger partial charge is 0.342 e. The highest BCUT2D eigenvalue weighted by molar-refractivity contribution is 5.83. The minimum atomic E-state index is -0.272. The van der Waals surface area contributed by atoms with Gasteiger partial charge in [0.25, 0.3) is 5.56 Å². The van der Waals surface area contributed by atoms with Gasteiger partial charge >= 0.3 is 0 Å². The first-order chi connectivity index (χ1) is 13.9. The number of benzene rings is 1. The molecule has 0 spiro atoms. The fourth-order valence-corrected chi connectivity index (χ4v) is 4.03. The van der Waals surface area contributed by atoms with Crippen LogP contribution in [0.2, 0.25) is 0 Å². The monoisotopic (exact) mass is 394 g/mol. The number of hydrogen-bond acceptors (Lipinski definition) is 5. The van der Waals surface area contributed by atoms with Crippen LogP contribution in [-0.2, 0) is 11.3 Å². The Bertz CT molecular complexity index is 1080. The summed E-state index contributed by atoms with van der Waals surface area (Å²) < 4.78 is 1.69. The summed E-state index contributed by atoms with van der Waals surface area (Å²) in [7, 11) is 0. The summed E-state index contributed by atoms with van der Waals surface area (Å²) in [4.78, 5) is 34.1. The van der Waals surface area contributed by atoms with Crippen molar-refractivity contribution in [3.8, 4) is 0 Å². The maximum atomic E-state index is 13.1. The van der Waals surface area contributed by atoms with Gasteiger partial charge in [-0.05, 0) is 45.1 Å². The second kappa shape index (κ2) is 7.77. The zero-order valence-electron chi connectivity index (χ0n) is 17.1. The van der Waals surface area contributed by atoms with Crippen LogP contribution in [0.3, 0.4) is 0 Å². The fourth-order valence-electron chi connectivity index (χ4n) is 4.03. The Morgan fingerprint density at radius 1 is 1.28 bits per heavy atom. The van der Waals surface area contributed by atoms with Crippen molar-refractivity contribution in [1.29, 1.82) is 0 Å². The lowest BCUT2D eigenvalue weighted by molar-refractivity contribution is -0.134. The number of rotatable bonds is 4. The number of aromatic nitrogens is 5. The summed E-state index contributed by atoms with van der Waals surface area (Å²) in [5.74, 6) is 0.791. The Morgan fingerprint density at radius 3 is 2.79 bits per heavy atom. The van der Waals surface area contributed by atoms with Crippen molar-refractivity contribution < 1.29 is 4.79 Å². The molecule has 3 heterocycles. The Labute approximate surface area is 168 Å². The number of H-pyrrole nitrogens is 1. The lowest BCUT2D eigenvalue weighted by atomic mass is 9.94. The number of likely N-dealkylation sites (tertiary alicyclic amines) is 1. The van der Waals surface area contributed by atoms with Crippen LogP contribution in [0.25, 0.3) is 11.2 Å². The molecule has 0 aliphatic carbocycles. The molecule has 0 saturated carbocycles. The molecule has 0 bridgehead atoms. The summed E-state index contributed by atoms with van der Waals surface area (Å²) in [6.07, 6.45) is 1.96. The van der Waals surface area contributed by atoms with Crippen LogP contribution >= 0.6 is 0 Å². The molecule has 1 N–H and O–H groups in total. The molecule has 8 heteroatoms. The maximum Gasteiger partial charge on any atom is 0.281 e. The van der Waals surface area contributed by atoms with Gasteiger partial charge in [-0.25, -0.2) is 9.67 Å². The van der Waals surface area contributed by atoms with Gasteiger partial charge in [0.1, 0.15) is 5.82 Å². The van der Waals surface area contributed by atoms with Crippen LogP contribution in [0.4, 0.5) is 0 Å². The first kappa shape index (κ1) is 19.3. The molecule has 1 aromatic carbocycles. The van der Waals surface area contributed by atoms with Crippen LogP contribution in [0, 0.1) is 19.8 Å². The number of nitrogens with zero attached hydrogens (tertiary/aromatic N) is 5. The number of nitrogens with one attached hydrogen (secondary N) is 1. The van der Waals surface area contributed by atoms with Crippen molar-refractivity contribution in [3.63, 3.8) is 0 Å². The molecule has 29 heavy (non-hydrogen) atoms. The number of aromatic amines is 1. The summed E-state index contributed by atoms with van der Waals surface area (Å²) in [5, 5.41) is 8.11. The lowest BCUT2D eigenvalue weighted by Gasteiger charge is -2.34. The average molecular weight is 394 g/mol. The zero-order valence-corrected chi connectivity index (χ0v) is 17.1. The molecule has 1 aliphatic heterocycles. The van der Waals surface area contributed by atoms with E-state index in [2.05, 4.69) is 20.3 Å². The van der Waals surface area contributed by atoms with Crippen molar-refractivity contribution in [2.45, 2.75) is 46.1 Å². The van der Waals surface area contributed by atoms with Gasteiger partial charge in [0.2, 0.25) is 5.91 Å². The molecular formula is C21H26N6O2. The molecule has 4 rings (SSSR count). The molecule has 8 nitrogen and oxygen atoms in total. The second-order valence-corrected chi connectivity index (χ2v) is 8.02. The van der Waals surface area contributed by atoms with Crippen molar-refractivity contribution in [1.82, 2.24) is 29.9 Å². The summed E-state index contributed by atoms with van der Waals surface area (Å²) in [5.41, 5.74) is 2.72. The van der Waals surface area contributed by atoms with E-state index in [4.69, 9.17) is 0 Å². The Kier molecular flexibility index (Phi) is 5.17. The van der Waals surface area contributed by atoms with E-state index in [-0.39, 0.29) is 28.8 Å². The molecule has 1 amide bonds. The Hall–Kier alpha value is -3.03. The Morgan fingerprint density at radius 2 is 2.03 bits per heavy atom. The van der Waals surface area contributed by atoms with Gasteiger partial charge in [-0.1, -0.05) is 35.0 Å². The fraction of sp³-hybridized carbons (Fsp3) is 0.476. The van der Waals surface area contributed by atoms with E-state index in [1.807, 2.05) is 43.0 Å². The maximum absolute atomic E-state index is 13.1. The molecule has 1 fully saturated rings. The normalized spacial score (nSPS) is 18.2. The number of piperidine rings is 1. The number of hydrogen-bond donors (Lipinski definition) is 1. The van der Waals surface area contributed by atoms with Crippen LogP contribution in [0.1, 0.15) is 42.6 Å². The average Bonchev–Trinajstić information content (AvgIpc) is 3.10. The minimum Gasteiger partial charge on any atom is -0.342 e. The van der Waals surface area contributed by atoms with Crippen LogP contribution in [0.5, 0.6) is 0 Å². The van der Waals surface area contributed by atoms with Crippen molar-refractivity contribution in [2.24, 2.45) is 5.92 Å². The highest BCUT2D eigenvalue weighted by Gasteiger charge is 2.28. The molecule has 3 aromatic rings. The SMILES string of the molecule is Cc1ccc(C(C)C(=O)N2CCC[C@H](Cn3nnc4c(=O)[nH]c(C)nc43)C2)cc1. The number of carbonyl (C=O) groups is 1. The van der Waals surface area contributed by atoms with Gasteiger partial charge in [-0.2, -0.15) is 0 Å². The van der Waals surface area contributed by atoms with Crippen LogP contribution in [0.15, 0.2) is 29.1 Å². The summed E-state index contributed by atoms with van der Waals surface area (Å²) >= 11 is 0. The van der Waals surface area contributed by atoms with E-state index in [1.165, 1.54) is 5.56 Å². The Balaban J connectivity index is 1.48. The zero-order chi connectivity index (χ0) is 20.5. The van der Waals surface area contributed by atoms with Gasteiger partial charge < -0.3 is 9.88 Å². The standard InChI is InChI=1S/C21H26N6O2/c1-13-6-8-17(9-7-13)14(2)21(29)26-10-4-5-16(11-26)12-27-19-18(24-25-27)20(28)23-15(3)22-19/h6-9,14,16H,4-5,10-12H2,1-3H3,(H,22,23,28)/t14?,16-/m0/s1. The van der Waals surface area contributed by atoms with Crippen molar-refractivity contribution in [2.75, 3.05) is 13.1 Å². The van der Waals surface area contributed by atoms with Crippen LogP contribution in [-0.4, -0.2) is 48.9 Å². The van der Waals surface area contributed by atoms with E-state index >= 15 is 0 Å². The quantitative estimate of drug-likeness (QED) is 0.731. The highest BCUT2D eigenvalue weighted by atomic mass is 16.2. The number of fused-ring (bicyclic) bond motifs is 1. The molecule has 152 valence electrons. The minimum absolute atomic E-state index is 0.160. The second-order valence-electron chi connectivity index (χ2n) is 8.02. The molecule has 0 radical (unpaired) electrons. The number of carbonyl (C=O) groups excluding carboxylic acids is 1. The van der Waals surface area contributed by atoms with E-state index in [0.29, 0.717) is 24.6 Å². The third-order valence-electron chi connectivity index (χ3n) is 5.70. The van der Waals surface area contributed by atoms with Crippen molar-refractivity contribution in [3.05, 3.63) is 51.6 Å². The van der Waals surface area contributed by atoms with Gasteiger partial charge in [0.15, 0.2) is 11.2 Å². The van der Waals surface area contributed by atoms with E-state index < -0.39 is 0 Å². The smallest absolute Gasteiger partial charge is 0.281 e. The van der Waals surface area contributed by atoms with E-state index in [1.54, 1.807) is 11.6 Å². The molecule has 1 saturated heterocycles. The van der Waals surface area contributed by atoms with E-state index in [0.717, 1.165) is 24.9 Å². The highest BCUT2D eigenvalue weighted by Crippen LogP contribution is 2.24. The third-order valence-corrected chi connectivity index (χ3v) is 5.70. The molecule has 2 aromatic heterocycles. The summed E-state index contributed by atoms with van der Waals surface area (Å²) in [6.45, 7) is 7.81. The van der Waals surface area contributed by atoms with Gasteiger partial charge in [0.05, 0.1) is 5.92 Å². The molecule has 1 aliphatic rings. The predicted molar refractivity (Wildman–Crippen MR) is 110 cm³/mol. The topological polar surface area (TPSA) is 96.8 Å². The van der Waals surface area contributed by atoms with Gasteiger partial charge in [0, 0.05) is 19.6 Å². The number of amides is 1.